The zero-order valence-electron chi connectivity index (χ0n) is 14.6. The number of aliphatic hydroxyl groups excluding tert-OH is 1. The first-order chi connectivity index (χ1) is 10.5. The molecular weight excluding hydrogens is 278 g/mol. The van der Waals surface area contributed by atoms with E-state index in [0.717, 1.165) is 18.7 Å². The van der Waals surface area contributed by atoms with E-state index >= 15 is 0 Å². The lowest BCUT2D eigenvalue weighted by Gasteiger charge is -2.30. The van der Waals surface area contributed by atoms with Crippen LogP contribution in [-0.2, 0) is 11.3 Å². The predicted octanol–water partition coefficient (Wildman–Crippen LogP) is 3.08. The van der Waals surface area contributed by atoms with Crippen LogP contribution in [0.25, 0.3) is 0 Å². The third kappa shape index (κ3) is 6.77. The third-order valence-corrected chi connectivity index (χ3v) is 3.83. The van der Waals surface area contributed by atoms with Crippen LogP contribution in [0.1, 0.15) is 39.7 Å². The Hall–Kier alpha value is -1.10. The van der Waals surface area contributed by atoms with Gasteiger partial charge in [-0.15, -0.1) is 0 Å². The van der Waals surface area contributed by atoms with Gasteiger partial charge in [-0.2, -0.15) is 0 Å². The molecule has 0 amide bonds. The van der Waals surface area contributed by atoms with Crippen molar-refractivity contribution in [1.82, 2.24) is 4.90 Å². The Morgan fingerprint density at radius 1 is 1.14 bits per heavy atom. The summed E-state index contributed by atoms with van der Waals surface area (Å²) in [7, 11) is 1.67. The van der Waals surface area contributed by atoms with Gasteiger partial charge in [0.15, 0.2) is 0 Å². The van der Waals surface area contributed by atoms with Gasteiger partial charge in [0.2, 0.25) is 0 Å². The topological polar surface area (TPSA) is 41.9 Å². The van der Waals surface area contributed by atoms with Crippen molar-refractivity contribution in [3.05, 3.63) is 29.8 Å². The van der Waals surface area contributed by atoms with Gasteiger partial charge in [0, 0.05) is 19.1 Å². The number of ether oxygens (including phenoxy) is 2. The minimum atomic E-state index is -0.463. The lowest BCUT2D eigenvalue weighted by Crippen LogP contribution is -2.40. The number of benzene rings is 1. The largest absolute Gasteiger partial charge is 0.497 e. The summed E-state index contributed by atoms with van der Waals surface area (Å²) in [6.45, 7) is 10.1. The molecular formula is C18H31NO3. The molecule has 0 fully saturated rings. The van der Waals surface area contributed by atoms with Crippen LogP contribution in [0.2, 0.25) is 0 Å². The Kier molecular flexibility index (Phi) is 8.46. The molecule has 1 N–H and O–H groups in total. The fraction of sp³-hybridized carbons (Fsp3) is 0.667. The Morgan fingerprint density at radius 3 is 2.27 bits per heavy atom. The second-order valence-electron chi connectivity index (χ2n) is 6.07. The molecule has 0 heterocycles. The van der Waals surface area contributed by atoms with Crippen LogP contribution >= 0.6 is 0 Å². The Bertz CT molecular complexity index is 405. The van der Waals surface area contributed by atoms with Crippen LogP contribution in [0.5, 0.6) is 5.75 Å². The summed E-state index contributed by atoms with van der Waals surface area (Å²) in [6, 6.07) is 8.51. The average molecular weight is 309 g/mol. The van der Waals surface area contributed by atoms with Gasteiger partial charge in [-0.3, -0.25) is 4.90 Å². The first-order valence-electron chi connectivity index (χ1n) is 8.12. The minimum absolute atomic E-state index is 0.147. The fourth-order valence-corrected chi connectivity index (χ4v) is 2.25. The van der Waals surface area contributed by atoms with Gasteiger partial charge in [0.05, 0.1) is 25.9 Å². The maximum Gasteiger partial charge on any atom is 0.118 e. The van der Waals surface area contributed by atoms with Gasteiger partial charge < -0.3 is 14.6 Å². The molecule has 0 aliphatic rings. The molecule has 0 bridgehead atoms. The van der Waals surface area contributed by atoms with Crippen molar-refractivity contribution in [3.8, 4) is 5.75 Å². The zero-order valence-corrected chi connectivity index (χ0v) is 14.6. The number of aliphatic hydroxyl groups is 1. The number of hydrogen-bond acceptors (Lipinski definition) is 4. The molecule has 0 saturated carbocycles. The molecule has 0 aromatic heterocycles. The molecule has 0 aliphatic carbocycles. The highest BCUT2D eigenvalue weighted by molar-refractivity contribution is 5.27. The van der Waals surface area contributed by atoms with E-state index in [1.54, 1.807) is 7.11 Å². The van der Waals surface area contributed by atoms with E-state index in [1.807, 2.05) is 26.0 Å². The third-order valence-electron chi connectivity index (χ3n) is 3.83. The summed E-state index contributed by atoms with van der Waals surface area (Å²) in [5.74, 6) is 0.865. The molecule has 0 spiro atoms. The van der Waals surface area contributed by atoms with E-state index in [9.17, 15) is 5.11 Å². The molecule has 1 aromatic rings. The van der Waals surface area contributed by atoms with E-state index in [1.165, 1.54) is 5.56 Å². The highest BCUT2D eigenvalue weighted by Crippen LogP contribution is 2.15. The second-order valence-corrected chi connectivity index (χ2v) is 6.07. The van der Waals surface area contributed by atoms with Crippen LogP contribution in [0.15, 0.2) is 24.3 Å². The monoisotopic (exact) mass is 309 g/mol. The summed E-state index contributed by atoms with van der Waals surface area (Å²) < 4.78 is 10.7. The van der Waals surface area contributed by atoms with E-state index in [0.29, 0.717) is 19.2 Å². The smallest absolute Gasteiger partial charge is 0.118 e. The highest BCUT2D eigenvalue weighted by Gasteiger charge is 2.17. The number of methoxy groups -OCH3 is 1. The summed E-state index contributed by atoms with van der Waals surface area (Å²) in [5, 5.41) is 10.2. The van der Waals surface area contributed by atoms with Crippen molar-refractivity contribution in [2.75, 3.05) is 20.3 Å². The van der Waals surface area contributed by atoms with Crippen LogP contribution in [0.3, 0.4) is 0 Å². The Morgan fingerprint density at radius 2 is 1.77 bits per heavy atom. The van der Waals surface area contributed by atoms with Crippen molar-refractivity contribution < 1.29 is 14.6 Å². The molecule has 126 valence electrons. The molecule has 0 unspecified atom stereocenters. The molecule has 0 aliphatic heterocycles. The minimum Gasteiger partial charge on any atom is -0.497 e. The molecule has 4 heteroatoms. The van der Waals surface area contributed by atoms with Gasteiger partial charge in [-0.1, -0.05) is 19.1 Å². The predicted molar refractivity (Wildman–Crippen MR) is 90.3 cm³/mol. The highest BCUT2D eigenvalue weighted by atomic mass is 16.5. The first-order valence-corrected chi connectivity index (χ1v) is 8.12. The van der Waals surface area contributed by atoms with Crippen molar-refractivity contribution in [2.24, 2.45) is 0 Å². The van der Waals surface area contributed by atoms with Gasteiger partial charge >= 0.3 is 0 Å². The number of rotatable bonds is 10. The lowest BCUT2D eigenvalue weighted by molar-refractivity contribution is -0.0149. The van der Waals surface area contributed by atoms with E-state index < -0.39 is 6.10 Å². The standard InChI is InChI=1S/C18H31NO3/c1-6-15(4)19(12-17(20)13-22-14(2)3)11-16-7-9-18(21-5)10-8-16/h7-10,14-15,17,20H,6,11-13H2,1-5H3/t15-,17-/m1/s1. The van der Waals surface area contributed by atoms with Crippen molar-refractivity contribution >= 4 is 0 Å². The van der Waals surface area contributed by atoms with Gasteiger partial charge in [-0.25, -0.2) is 0 Å². The maximum absolute atomic E-state index is 10.2. The van der Waals surface area contributed by atoms with E-state index in [4.69, 9.17) is 9.47 Å². The van der Waals surface area contributed by atoms with Crippen LogP contribution in [-0.4, -0.2) is 48.5 Å². The quantitative estimate of drug-likeness (QED) is 0.721. The summed E-state index contributed by atoms with van der Waals surface area (Å²) in [6.07, 6.45) is 0.733. The number of nitrogens with zero attached hydrogens (tertiary/aromatic N) is 1. The first kappa shape index (κ1) is 18.9. The van der Waals surface area contributed by atoms with Crippen LogP contribution < -0.4 is 4.74 Å². The second kappa shape index (κ2) is 9.82. The molecule has 0 radical (unpaired) electrons. The molecule has 1 aromatic carbocycles. The van der Waals surface area contributed by atoms with Crippen molar-refractivity contribution in [2.45, 2.75) is 58.9 Å². The van der Waals surface area contributed by atoms with Gasteiger partial charge in [0.1, 0.15) is 5.75 Å². The van der Waals surface area contributed by atoms with Crippen molar-refractivity contribution in [3.63, 3.8) is 0 Å². The van der Waals surface area contributed by atoms with Crippen LogP contribution in [0.4, 0.5) is 0 Å². The normalized spacial score (nSPS) is 14.4. The Balaban J connectivity index is 2.63. The summed E-state index contributed by atoms with van der Waals surface area (Å²) >= 11 is 0. The fourth-order valence-electron chi connectivity index (χ4n) is 2.25. The maximum atomic E-state index is 10.2. The van der Waals surface area contributed by atoms with E-state index in [-0.39, 0.29) is 6.10 Å². The van der Waals surface area contributed by atoms with Crippen LogP contribution in [0, 0.1) is 0 Å². The molecule has 0 saturated heterocycles. The Labute approximate surface area is 135 Å². The summed E-state index contributed by atoms with van der Waals surface area (Å²) in [4.78, 5) is 2.30. The molecule has 2 atom stereocenters. The molecule has 1 rings (SSSR count). The van der Waals surface area contributed by atoms with Crippen molar-refractivity contribution in [1.29, 1.82) is 0 Å². The number of hydrogen-bond donors (Lipinski definition) is 1. The molecule has 22 heavy (non-hydrogen) atoms. The SMILES string of the molecule is CC[C@@H](C)N(Cc1ccc(OC)cc1)C[C@@H](O)COC(C)C. The van der Waals surface area contributed by atoms with Gasteiger partial charge in [0.25, 0.3) is 0 Å². The van der Waals surface area contributed by atoms with Gasteiger partial charge in [-0.05, 0) is 44.9 Å². The lowest BCUT2D eigenvalue weighted by atomic mass is 10.1. The average Bonchev–Trinajstić information content (AvgIpc) is 2.52. The summed E-state index contributed by atoms with van der Waals surface area (Å²) in [5.41, 5.74) is 1.22. The zero-order chi connectivity index (χ0) is 16.5. The van der Waals surface area contributed by atoms with E-state index in [2.05, 4.69) is 30.9 Å². The molecule has 4 nitrogen and oxygen atoms in total.